The third kappa shape index (κ3) is 4.87. The van der Waals surface area contributed by atoms with Crippen LogP contribution in [0, 0.1) is 0 Å². The number of rotatable bonds is 4. The average molecular weight is 376 g/mol. The quantitative estimate of drug-likeness (QED) is 0.873. The van der Waals surface area contributed by atoms with E-state index < -0.39 is 17.6 Å². The molecule has 0 aromatic heterocycles. The zero-order valence-electron chi connectivity index (χ0n) is 14.6. The molecule has 1 aliphatic heterocycles. The first kappa shape index (κ1) is 18.9. The zero-order chi connectivity index (χ0) is 19.4. The Hall–Kier alpha value is -2.83. The van der Waals surface area contributed by atoms with Crippen LogP contribution in [0.3, 0.4) is 0 Å². The number of nitrogens with one attached hydrogen (secondary N) is 1. The number of hydrogen-bond donors (Lipinski definition) is 1. The molecular formula is C20H19F3N2O2. The SMILES string of the molecule is O=C(Nc1ccc(CC(=O)N2CCCC2)cc1)c1ccc(C(F)(F)F)cc1. The van der Waals surface area contributed by atoms with Gasteiger partial charge in [-0.05, 0) is 54.8 Å². The minimum atomic E-state index is -4.43. The Morgan fingerprint density at radius 3 is 2.07 bits per heavy atom. The third-order valence-electron chi connectivity index (χ3n) is 4.50. The van der Waals surface area contributed by atoms with Gasteiger partial charge in [0.05, 0.1) is 12.0 Å². The summed E-state index contributed by atoms with van der Waals surface area (Å²) >= 11 is 0. The molecule has 1 heterocycles. The Labute approximate surface area is 155 Å². The molecule has 1 aliphatic rings. The van der Waals surface area contributed by atoms with Crippen LogP contribution in [0.5, 0.6) is 0 Å². The van der Waals surface area contributed by atoms with E-state index in [2.05, 4.69) is 5.32 Å². The minimum Gasteiger partial charge on any atom is -0.342 e. The van der Waals surface area contributed by atoms with Crippen molar-refractivity contribution in [2.24, 2.45) is 0 Å². The van der Waals surface area contributed by atoms with Crippen LogP contribution in [0.15, 0.2) is 48.5 Å². The molecule has 2 aromatic rings. The highest BCUT2D eigenvalue weighted by Crippen LogP contribution is 2.29. The zero-order valence-corrected chi connectivity index (χ0v) is 14.6. The first-order valence-corrected chi connectivity index (χ1v) is 8.68. The molecule has 2 aromatic carbocycles. The Morgan fingerprint density at radius 1 is 0.926 bits per heavy atom. The summed E-state index contributed by atoms with van der Waals surface area (Å²) in [5.41, 5.74) is 0.694. The van der Waals surface area contributed by atoms with Gasteiger partial charge in [-0.25, -0.2) is 0 Å². The van der Waals surface area contributed by atoms with E-state index in [1.54, 1.807) is 24.3 Å². The van der Waals surface area contributed by atoms with Crippen LogP contribution in [-0.2, 0) is 17.4 Å². The Kier molecular flexibility index (Phi) is 5.48. The highest BCUT2D eigenvalue weighted by atomic mass is 19.4. The molecule has 7 heteroatoms. The summed E-state index contributed by atoms with van der Waals surface area (Å²) < 4.78 is 37.7. The van der Waals surface area contributed by atoms with Gasteiger partial charge < -0.3 is 10.2 Å². The van der Waals surface area contributed by atoms with E-state index in [0.717, 1.165) is 55.8 Å². The van der Waals surface area contributed by atoms with Gasteiger partial charge in [-0.2, -0.15) is 13.2 Å². The van der Waals surface area contributed by atoms with Crippen molar-refractivity contribution >= 4 is 17.5 Å². The molecule has 1 saturated heterocycles. The number of hydrogen-bond acceptors (Lipinski definition) is 2. The highest BCUT2D eigenvalue weighted by Gasteiger charge is 2.30. The largest absolute Gasteiger partial charge is 0.416 e. The maximum Gasteiger partial charge on any atom is 0.416 e. The molecule has 142 valence electrons. The van der Waals surface area contributed by atoms with E-state index in [0.29, 0.717) is 12.1 Å². The lowest BCUT2D eigenvalue weighted by molar-refractivity contribution is -0.137. The van der Waals surface area contributed by atoms with Crippen molar-refractivity contribution in [1.82, 2.24) is 4.90 Å². The van der Waals surface area contributed by atoms with Crippen molar-refractivity contribution in [3.63, 3.8) is 0 Å². The smallest absolute Gasteiger partial charge is 0.342 e. The van der Waals surface area contributed by atoms with Crippen LogP contribution in [0.25, 0.3) is 0 Å². The maximum atomic E-state index is 12.6. The molecule has 0 spiro atoms. The highest BCUT2D eigenvalue weighted by molar-refractivity contribution is 6.04. The minimum absolute atomic E-state index is 0.0917. The summed E-state index contributed by atoms with van der Waals surface area (Å²) in [6.45, 7) is 1.61. The molecule has 0 saturated carbocycles. The Balaban J connectivity index is 1.59. The summed E-state index contributed by atoms with van der Waals surface area (Å²) in [6, 6.07) is 10.9. The van der Waals surface area contributed by atoms with Crippen molar-refractivity contribution < 1.29 is 22.8 Å². The van der Waals surface area contributed by atoms with Crippen LogP contribution in [-0.4, -0.2) is 29.8 Å². The maximum absolute atomic E-state index is 12.6. The number of alkyl halides is 3. The number of nitrogens with zero attached hydrogens (tertiary/aromatic N) is 1. The van der Waals surface area contributed by atoms with Gasteiger partial charge in [0.2, 0.25) is 5.91 Å². The predicted molar refractivity (Wildman–Crippen MR) is 95.4 cm³/mol. The van der Waals surface area contributed by atoms with Gasteiger partial charge >= 0.3 is 6.18 Å². The lowest BCUT2D eigenvalue weighted by atomic mass is 10.1. The molecule has 1 fully saturated rings. The first-order chi connectivity index (χ1) is 12.8. The van der Waals surface area contributed by atoms with Crippen molar-refractivity contribution in [2.45, 2.75) is 25.4 Å². The van der Waals surface area contributed by atoms with Crippen LogP contribution >= 0.6 is 0 Å². The van der Waals surface area contributed by atoms with Crippen LogP contribution in [0.2, 0.25) is 0 Å². The molecular weight excluding hydrogens is 357 g/mol. The van der Waals surface area contributed by atoms with E-state index >= 15 is 0 Å². The molecule has 0 atom stereocenters. The van der Waals surface area contributed by atoms with E-state index in [1.165, 1.54) is 0 Å². The molecule has 0 radical (unpaired) electrons. The van der Waals surface area contributed by atoms with Crippen LogP contribution < -0.4 is 5.32 Å². The normalized spacial score (nSPS) is 14.3. The lowest BCUT2D eigenvalue weighted by Crippen LogP contribution is -2.29. The van der Waals surface area contributed by atoms with E-state index in [9.17, 15) is 22.8 Å². The number of halogens is 3. The standard InChI is InChI=1S/C20H19F3N2O2/c21-20(22,23)16-7-5-15(6-8-16)19(27)24-17-9-3-14(4-10-17)13-18(26)25-11-1-2-12-25/h3-10H,1-2,11-13H2,(H,24,27). The molecule has 3 rings (SSSR count). The molecule has 0 bridgehead atoms. The molecule has 4 nitrogen and oxygen atoms in total. The molecule has 2 amide bonds. The summed E-state index contributed by atoms with van der Waals surface area (Å²) in [4.78, 5) is 26.1. The fourth-order valence-electron chi connectivity index (χ4n) is 2.97. The molecule has 0 unspecified atom stereocenters. The summed E-state index contributed by atoms with van der Waals surface area (Å²) in [7, 11) is 0. The van der Waals surface area contributed by atoms with Gasteiger partial charge in [0.25, 0.3) is 5.91 Å². The fraction of sp³-hybridized carbons (Fsp3) is 0.300. The van der Waals surface area contributed by atoms with Crippen molar-refractivity contribution in [3.05, 3.63) is 65.2 Å². The van der Waals surface area contributed by atoms with Gasteiger partial charge in [-0.3, -0.25) is 9.59 Å². The van der Waals surface area contributed by atoms with E-state index in [1.807, 2.05) is 4.90 Å². The van der Waals surface area contributed by atoms with Crippen molar-refractivity contribution in [1.29, 1.82) is 0 Å². The number of amides is 2. The average Bonchev–Trinajstić information content (AvgIpc) is 3.17. The number of benzene rings is 2. The summed E-state index contributed by atoms with van der Waals surface area (Å²) in [5, 5.41) is 2.64. The van der Waals surface area contributed by atoms with E-state index in [-0.39, 0.29) is 11.5 Å². The number of likely N-dealkylation sites (tertiary alicyclic amines) is 1. The van der Waals surface area contributed by atoms with Crippen LogP contribution in [0.1, 0.15) is 34.3 Å². The van der Waals surface area contributed by atoms with Gasteiger partial charge in [0.1, 0.15) is 0 Å². The van der Waals surface area contributed by atoms with E-state index in [4.69, 9.17) is 0 Å². The Morgan fingerprint density at radius 2 is 1.52 bits per heavy atom. The predicted octanol–water partition coefficient (Wildman–Crippen LogP) is 4.12. The number of anilines is 1. The molecule has 0 aliphatic carbocycles. The Bertz CT molecular complexity index is 809. The molecule has 1 N–H and O–H groups in total. The number of carbonyl (C=O) groups excluding carboxylic acids is 2. The van der Waals surface area contributed by atoms with Gasteiger partial charge in [-0.1, -0.05) is 12.1 Å². The fourth-order valence-corrected chi connectivity index (χ4v) is 2.97. The number of carbonyl (C=O) groups is 2. The topological polar surface area (TPSA) is 49.4 Å². The van der Waals surface area contributed by atoms with Crippen LogP contribution in [0.4, 0.5) is 18.9 Å². The summed E-state index contributed by atoms with van der Waals surface area (Å²) in [6.07, 6.45) is -2.04. The second-order valence-electron chi connectivity index (χ2n) is 6.49. The monoisotopic (exact) mass is 376 g/mol. The van der Waals surface area contributed by atoms with Crippen molar-refractivity contribution in [2.75, 3.05) is 18.4 Å². The molecule has 27 heavy (non-hydrogen) atoms. The van der Waals surface area contributed by atoms with Gasteiger partial charge in [-0.15, -0.1) is 0 Å². The summed E-state index contributed by atoms with van der Waals surface area (Å²) in [5.74, 6) is -0.404. The van der Waals surface area contributed by atoms with Gasteiger partial charge in [0, 0.05) is 24.3 Å². The first-order valence-electron chi connectivity index (χ1n) is 8.68. The second kappa shape index (κ2) is 7.82. The van der Waals surface area contributed by atoms with Crippen molar-refractivity contribution in [3.8, 4) is 0 Å². The lowest BCUT2D eigenvalue weighted by Gasteiger charge is -2.15. The second-order valence-corrected chi connectivity index (χ2v) is 6.49. The van der Waals surface area contributed by atoms with Gasteiger partial charge in [0.15, 0.2) is 0 Å². The third-order valence-corrected chi connectivity index (χ3v) is 4.50.